The molecule has 35 heavy (non-hydrogen) atoms. The number of aryl methyl sites for hydroxylation is 1. The van der Waals surface area contributed by atoms with Crippen LogP contribution in [0.25, 0.3) is 20.9 Å². The highest BCUT2D eigenvalue weighted by Gasteiger charge is 2.34. The highest BCUT2D eigenvalue weighted by molar-refractivity contribution is 7.13. The number of piperazine rings is 1. The molecule has 0 aliphatic carbocycles. The monoisotopic (exact) mass is 486 g/mol. The van der Waals surface area contributed by atoms with Gasteiger partial charge in [0.05, 0.1) is 10.7 Å². The predicted octanol–water partition coefficient (Wildman–Crippen LogP) is 4.65. The maximum atomic E-state index is 14.1. The largest absolute Gasteiger partial charge is 0.352 e. The minimum atomic E-state index is 0.0599. The summed E-state index contributed by atoms with van der Waals surface area (Å²) in [5.74, 6) is 1.82. The van der Waals surface area contributed by atoms with Crippen LogP contribution in [0.4, 0.5) is 16.4 Å². The minimum absolute atomic E-state index is 0.0599. The number of rotatable bonds is 3. The zero-order valence-corrected chi connectivity index (χ0v) is 20.8. The van der Waals surface area contributed by atoms with E-state index >= 15 is 0 Å². The number of nitrogens with one attached hydrogen (secondary N) is 1. The van der Waals surface area contributed by atoms with E-state index in [1.165, 1.54) is 10.1 Å². The first-order valence-corrected chi connectivity index (χ1v) is 13.2. The van der Waals surface area contributed by atoms with Crippen molar-refractivity contribution >= 4 is 50.1 Å². The molecule has 0 bridgehead atoms. The number of piperidine rings is 1. The molecule has 180 valence electrons. The Labute approximate surface area is 209 Å². The van der Waals surface area contributed by atoms with Crippen LogP contribution in [-0.4, -0.2) is 65.6 Å². The SMILES string of the molecule is Cc1cccc2ccnc(N(C(=O)N3CCN(c4nsc5ccccc45)CC3)[C@@H]3CCCNC3)c12. The fourth-order valence-corrected chi connectivity index (χ4v) is 6.20. The molecule has 4 aromatic rings. The van der Waals surface area contributed by atoms with E-state index in [2.05, 4.69) is 59.6 Å². The van der Waals surface area contributed by atoms with Crippen LogP contribution in [0.15, 0.2) is 54.7 Å². The van der Waals surface area contributed by atoms with Gasteiger partial charge in [0.2, 0.25) is 0 Å². The van der Waals surface area contributed by atoms with E-state index in [-0.39, 0.29) is 12.1 Å². The summed E-state index contributed by atoms with van der Waals surface area (Å²) in [5, 5.41) is 6.88. The van der Waals surface area contributed by atoms with Gasteiger partial charge in [0.25, 0.3) is 0 Å². The molecule has 4 heterocycles. The summed E-state index contributed by atoms with van der Waals surface area (Å²) in [4.78, 5) is 25.2. The summed E-state index contributed by atoms with van der Waals surface area (Å²) < 4.78 is 5.93. The standard InChI is InChI=1S/C27H30N6OS/c1-19-6-4-7-20-11-13-29-26(24(19)20)33(21-8-5-12-28-18-21)27(34)32-16-14-31(15-17-32)25-22-9-2-3-10-23(22)35-30-25/h2-4,6-7,9-11,13,21,28H,5,8,12,14-18H2,1H3/t21-/m1/s1. The van der Waals surface area contributed by atoms with Crippen molar-refractivity contribution in [2.24, 2.45) is 0 Å². The number of amides is 2. The van der Waals surface area contributed by atoms with Gasteiger partial charge >= 0.3 is 6.03 Å². The number of hydrogen-bond donors (Lipinski definition) is 1. The summed E-state index contributed by atoms with van der Waals surface area (Å²) in [6.07, 6.45) is 3.87. The Hall–Kier alpha value is -3.23. The molecule has 7 nitrogen and oxygen atoms in total. The Kier molecular flexibility index (Phi) is 6.00. The second-order valence-corrected chi connectivity index (χ2v) is 10.2. The Bertz CT molecular complexity index is 1350. The summed E-state index contributed by atoms with van der Waals surface area (Å²) in [6.45, 7) is 6.79. The lowest BCUT2D eigenvalue weighted by Crippen LogP contribution is -2.58. The van der Waals surface area contributed by atoms with Crippen molar-refractivity contribution in [1.82, 2.24) is 19.6 Å². The number of hydrogen-bond acceptors (Lipinski definition) is 6. The molecule has 1 N–H and O–H groups in total. The predicted molar refractivity (Wildman–Crippen MR) is 144 cm³/mol. The van der Waals surface area contributed by atoms with E-state index in [9.17, 15) is 4.79 Å². The van der Waals surface area contributed by atoms with Gasteiger partial charge in [0.1, 0.15) is 11.6 Å². The molecule has 2 aromatic heterocycles. The molecule has 0 unspecified atom stereocenters. The second-order valence-electron chi connectivity index (χ2n) is 9.44. The average molecular weight is 487 g/mol. The number of aromatic nitrogens is 2. The first kappa shape index (κ1) is 22.2. The van der Waals surface area contributed by atoms with Gasteiger partial charge in [-0.1, -0.05) is 30.3 Å². The van der Waals surface area contributed by atoms with Crippen LogP contribution in [0.3, 0.4) is 0 Å². The third kappa shape index (κ3) is 4.10. The summed E-state index contributed by atoms with van der Waals surface area (Å²) in [7, 11) is 0. The van der Waals surface area contributed by atoms with Crippen molar-refractivity contribution in [2.45, 2.75) is 25.8 Å². The Morgan fingerprint density at radius 3 is 2.77 bits per heavy atom. The highest BCUT2D eigenvalue weighted by Crippen LogP contribution is 2.33. The molecule has 2 fully saturated rings. The van der Waals surface area contributed by atoms with Gasteiger partial charge in [-0.3, -0.25) is 4.90 Å². The number of urea groups is 1. The molecule has 0 radical (unpaired) electrons. The smallest absolute Gasteiger partial charge is 0.326 e. The van der Waals surface area contributed by atoms with E-state index in [0.29, 0.717) is 13.1 Å². The van der Waals surface area contributed by atoms with Crippen LogP contribution >= 0.6 is 11.5 Å². The molecule has 0 saturated carbocycles. The normalized spacial score (nSPS) is 18.8. The third-order valence-corrected chi connectivity index (χ3v) is 8.07. The van der Waals surface area contributed by atoms with Crippen LogP contribution in [0.1, 0.15) is 18.4 Å². The first-order chi connectivity index (χ1) is 17.2. The fraction of sp³-hybridized carbons (Fsp3) is 0.370. The van der Waals surface area contributed by atoms with E-state index < -0.39 is 0 Å². The van der Waals surface area contributed by atoms with Gasteiger partial charge in [-0.2, -0.15) is 4.37 Å². The fourth-order valence-electron chi connectivity index (χ4n) is 5.41. The van der Waals surface area contributed by atoms with Gasteiger partial charge in [-0.15, -0.1) is 0 Å². The second kappa shape index (κ2) is 9.43. The van der Waals surface area contributed by atoms with Crippen molar-refractivity contribution in [2.75, 3.05) is 49.1 Å². The summed E-state index contributed by atoms with van der Waals surface area (Å²) in [5.41, 5.74) is 1.15. The molecule has 2 saturated heterocycles. The topological polar surface area (TPSA) is 64.6 Å². The molecule has 6 rings (SSSR count). The maximum Gasteiger partial charge on any atom is 0.326 e. The number of anilines is 2. The summed E-state index contributed by atoms with van der Waals surface area (Å²) >= 11 is 1.54. The van der Waals surface area contributed by atoms with Gasteiger partial charge in [-0.05, 0) is 67.0 Å². The van der Waals surface area contributed by atoms with Gasteiger partial charge < -0.3 is 15.1 Å². The van der Waals surface area contributed by atoms with Crippen molar-refractivity contribution in [3.8, 4) is 0 Å². The number of benzene rings is 2. The third-order valence-electron chi connectivity index (χ3n) is 7.26. The highest BCUT2D eigenvalue weighted by atomic mass is 32.1. The van der Waals surface area contributed by atoms with Gasteiger partial charge in [-0.25, -0.2) is 9.78 Å². The molecule has 2 aliphatic heterocycles. The molecule has 2 amide bonds. The van der Waals surface area contributed by atoms with Crippen molar-refractivity contribution < 1.29 is 4.79 Å². The molecule has 2 aliphatic rings. The van der Waals surface area contributed by atoms with E-state index in [4.69, 9.17) is 9.36 Å². The number of carbonyl (C=O) groups excluding carboxylic acids is 1. The van der Waals surface area contributed by atoms with Crippen LogP contribution in [-0.2, 0) is 0 Å². The molecule has 1 atom stereocenters. The number of nitrogens with zero attached hydrogens (tertiary/aromatic N) is 5. The lowest BCUT2D eigenvalue weighted by Gasteiger charge is -2.41. The van der Waals surface area contributed by atoms with Crippen molar-refractivity contribution in [3.63, 3.8) is 0 Å². The van der Waals surface area contributed by atoms with Crippen molar-refractivity contribution in [1.29, 1.82) is 0 Å². The first-order valence-electron chi connectivity index (χ1n) is 12.4. The summed E-state index contributed by atoms with van der Waals surface area (Å²) in [6, 6.07) is 16.8. The van der Waals surface area contributed by atoms with E-state index in [0.717, 1.165) is 67.0 Å². The molecule has 2 aromatic carbocycles. The van der Waals surface area contributed by atoms with Crippen LogP contribution in [0.2, 0.25) is 0 Å². The average Bonchev–Trinajstić information content (AvgIpc) is 3.34. The Balaban J connectivity index is 1.29. The zero-order valence-electron chi connectivity index (χ0n) is 20.0. The maximum absolute atomic E-state index is 14.1. The Morgan fingerprint density at radius 1 is 1.09 bits per heavy atom. The molecular weight excluding hydrogens is 456 g/mol. The van der Waals surface area contributed by atoms with Crippen LogP contribution in [0.5, 0.6) is 0 Å². The molecular formula is C27H30N6OS. The lowest BCUT2D eigenvalue weighted by molar-refractivity contribution is 0.196. The zero-order chi connectivity index (χ0) is 23.8. The van der Waals surface area contributed by atoms with Gasteiger partial charge in [0.15, 0.2) is 0 Å². The number of pyridine rings is 1. The Morgan fingerprint density at radius 2 is 1.94 bits per heavy atom. The number of fused-ring (bicyclic) bond motifs is 2. The van der Waals surface area contributed by atoms with Crippen molar-refractivity contribution in [3.05, 3.63) is 60.3 Å². The van der Waals surface area contributed by atoms with Gasteiger partial charge in [0, 0.05) is 49.7 Å². The van der Waals surface area contributed by atoms with E-state index in [1.54, 1.807) is 11.5 Å². The molecule has 8 heteroatoms. The minimum Gasteiger partial charge on any atom is -0.352 e. The van der Waals surface area contributed by atoms with Crippen LogP contribution in [0, 0.1) is 6.92 Å². The molecule has 0 spiro atoms. The van der Waals surface area contributed by atoms with Crippen LogP contribution < -0.4 is 15.1 Å². The van der Waals surface area contributed by atoms with E-state index in [1.807, 2.05) is 22.1 Å². The number of carbonyl (C=O) groups is 1. The quantitative estimate of drug-likeness (QED) is 0.457. The lowest BCUT2D eigenvalue weighted by atomic mass is 10.0.